The van der Waals surface area contributed by atoms with Crippen molar-refractivity contribution in [3.8, 4) is 0 Å². The Balaban J connectivity index is 2.21. The summed E-state index contributed by atoms with van der Waals surface area (Å²) in [6.45, 7) is 8.89. The normalized spacial score (nSPS) is 20.1. The summed E-state index contributed by atoms with van der Waals surface area (Å²) in [5.74, 6) is 0. The number of hydrogen-bond acceptors (Lipinski definition) is 0. The molecule has 0 heterocycles. The topological polar surface area (TPSA) is 0 Å². The largest absolute Gasteiger partial charge is 0.255 e. The molecule has 0 N–H and O–H groups in total. The van der Waals surface area contributed by atoms with E-state index in [0.717, 1.165) is 10.9 Å². The Hall–Kier alpha value is -2.12. The summed E-state index contributed by atoms with van der Waals surface area (Å²) in [4.78, 5) is 0. The van der Waals surface area contributed by atoms with E-state index in [0.29, 0.717) is 6.04 Å². The molecule has 2 atom stereocenters. The van der Waals surface area contributed by atoms with Crippen molar-refractivity contribution in [2.24, 2.45) is 0 Å². The van der Waals surface area contributed by atoms with Crippen LogP contribution < -0.4 is 4.48 Å². The molecular formula is C23H28N+. The number of para-hydroxylation sites is 1. The Labute approximate surface area is 146 Å². The van der Waals surface area contributed by atoms with Gasteiger partial charge in [-0.2, -0.15) is 0 Å². The number of rotatable bonds is 3. The Morgan fingerprint density at radius 3 is 2.25 bits per heavy atom. The van der Waals surface area contributed by atoms with Gasteiger partial charge in [0.1, 0.15) is 17.4 Å². The Morgan fingerprint density at radius 1 is 0.917 bits per heavy atom. The van der Waals surface area contributed by atoms with Gasteiger partial charge in [-0.1, -0.05) is 53.6 Å². The van der Waals surface area contributed by atoms with Crippen LogP contribution in [0.4, 0.5) is 11.4 Å². The first-order valence-corrected chi connectivity index (χ1v) is 8.77. The van der Waals surface area contributed by atoms with Crippen molar-refractivity contribution in [3.05, 3.63) is 83.0 Å². The molecule has 2 aromatic rings. The zero-order chi connectivity index (χ0) is 17.3. The maximum atomic E-state index is 2.38. The molecule has 2 aromatic carbocycles. The minimum atomic E-state index is 0.428. The highest BCUT2D eigenvalue weighted by atomic mass is 15.4. The monoisotopic (exact) mass is 318 g/mol. The third kappa shape index (κ3) is 2.85. The standard InChI is InChI=1S/C23H28N/c1-17-11-13-22(19(3)15-17)24(5,21-9-7-6-8-10-21)23-14-12-18(2)16-20(23)4/h6-13,15-16,23H,14H2,1-5H3/q+1. The van der Waals surface area contributed by atoms with Gasteiger partial charge >= 0.3 is 0 Å². The SMILES string of the molecule is CC1=CCC([N+](C)(c2ccccc2)c2ccc(C)cc2C)C(C)=C1. The number of benzene rings is 2. The molecule has 1 heteroatoms. The van der Waals surface area contributed by atoms with Crippen molar-refractivity contribution in [1.82, 2.24) is 4.48 Å². The second-order valence-corrected chi connectivity index (χ2v) is 7.29. The van der Waals surface area contributed by atoms with Gasteiger partial charge in [-0.15, -0.1) is 0 Å². The minimum Gasteiger partial charge on any atom is -0.255 e. The number of hydrogen-bond donors (Lipinski definition) is 0. The molecule has 0 aromatic heterocycles. The maximum Gasteiger partial charge on any atom is 0.141 e. The molecule has 0 fully saturated rings. The second-order valence-electron chi connectivity index (χ2n) is 7.29. The second kappa shape index (κ2) is 6.41. The van der Waals surface area contributed by atoms with Crippen molar-refractivity contribution in [3.63, 3.8) is 0 Å². The van der Waals surface area contributed by atoms with Gasteiger partial charge in [0.2, 0.25) is 0 Å². The average Bonchev–Trinajstić information content (AvgIpc) is 2.55. The summed E-state index contributed by atoms with van der Waals surface area (Å²) < 4.78 is 0.819. The lowest BCUT2D eigenvalue weighted by Gasteiger charge is -2.43. The molecule has 2 unspecified atom stereocenters. The van der Waals surface area contributed by atoms with Crippen molar-refractivity contribution < 1.29 is 0 Å². The van der Waals surface area contributed by atoms with E-state index in [1.165, 1.54) is 33.6 Å². The van der Waals surface area contributed by atoms with E-state index in [-0.39, 0.29) is 0 Å². The minimum absolute atomic E-state index is 0.428. The summed E-state index contributed by atoms with van der Waals surface area (Å²) in [5.41, 5.74) is 8.25. The van der Waals surface area contributed by atoms with Crippen LogP contribution in [-0.4, -0.2) is 13.1 Å². The van der Waals surface area contributed by atoms with Crippen LogP contribution in [0.15, 0.2) is 71.8 Å². The highest BCUT2D eigenvalue weighted by Gasteiger charge is 2.39. The van der Waals surface area contributed by atoms with E-state index < -0.39 is 0 Å². The van der Waals surface area contributed by atoms with E-state index in [4.69, 9.17) is 0 Å². The van der Waals surface area contributed by atoms with Gasteiger partial charge in [0, 0.05) is 18.1 Å². The lowest BCUT2D eigenvalue weighted by molar-refractivity contribution is 0.371. The number of likely N-dealkylation sites (N-methyl/N-ethyl adjacent to an activating group) is 1. The molecule has 0 aliphatic heterocycles. The third-order valence-corrected chi connectivity index (χ3v) is 5.41. The van der Waals surface area contributed by atoms with E-state index in [9.17, 15) is 0 Å². The number of allylic oxidation sites excluding steroid dienone is 2. The molecule has 24 heavy (non-hydrogen) atoms. The van der Waals surface area contributed by atoms with Crippen LogP contribution in [0.1, 0.15) is 31.4 Å². The number of aryl methyl sites for hydroxylation is 2. The van der Waals surface area contributed by atoms with Crippen molar-refractivity contribution in [2.45, 2.75) is 40.2 Å². The molecule has 0 bridgehead atoms. The van der Waals surface area contributed by atoms with Crippen LogP contribution in [-0.2, 0) is 0 Å². The molecule has 0 saturated carbocycles. The van der Waals surface area contributed by atoms with Gasteiger partial charge in [-0.3, -0.25) is 4.48 Å². The number of nitrogens with zero attached hydrogens (tertiary/aromatic N) is 1. The summed E-state index contributed by atoms with van der Waals surface area (Å²) in [5, 5.41) is 0. The quantitative estimate of drug-likeness (QED) is 0.588. The predicted molar refractivity (Wildman–Crippen MR) is 106 cm³/mol. The highest BCUT2D eigenvalue weighted by Crippen LogP contribution is 2.42. The van der Waals surface area contributed by atoms with Crippen LogP contribution in [0.2, 0.25) is 0 Å². The van der Waals surface area contributed by atoms with Gasteiger partial charge in [0.25, 0.3) is 0 Å². The van der Waals surface area contributed by atoms with Crippen LogP contribution in [0.3, 0.4) is 0 Å². The first kappa shape index (κ1) is 16.7. The summed E-state index contributed by atoms with van der Waals surface area (Å²) in [6, 6.07) is 18.2. The summed E-state index contributed by atoms with van der Waals surface area (Å²) in [7, 11) is 2.36. The average molecular weight is 318 g/mol. The van der Waals surface area contributed by atoms with E-state index >= 15 is 0 Å². The summed E-state index contributed by atoms with van der Waals surface area (Å²) >= 11 is 0. The van der Waals surface area contributed by atoms with Crippen molar-refractivity contribution in [1.29, 1.82) is 0 Å². The highest BCUT2D eigenvalue weighted by molar-refractivity contribution is 5.64. The molecule has 3 rings (SSSR count). The molecule has 1 aliphatic carbocycles. The van der Waals surface area contributed by atoms with Gasteiger partial charge in [0.15, 0.2) is 0 Å². The number of quaternary nitrogens is 1. The van der Waals surface area contributed by atoms with Crippen LogP contribution >= 0.6 is 0 Å². The smallest absolute Gasteiger partial charge is 0.141 e. The molecule has 1 aliphatic rings. The van der Waals surface area contributed by atoms with Crippen LogP contribution in [0.25, 0.3) is 0 Å². The van der Waals surface area contributed by atoms with Gasteiger partial charge in [-0.05, 0) is 45.4 Å². The Bertz CT molecular complexity index is 798. The van der Waals surface area contributed by atoms with Crippen molar-refractivity contribution >= 4 is 11.4 Å². The zero-order valence-electron chi connectivity index (χ0n) is 15.5. The molecule has 0 radical (unpaired) electrons. The maximum absolute atomic E-state index is 2.38. The third-order valence-electron chi connectivity index (χ3n) is 5.41. The molecule has 124 valence electrons. The lowest BCUT2D eigenvalue weighted by atomic mass is 9.91. The lowest BCUT2D eigenvalue weighted by Crippen LogP contribution is -2.50. The molecule has 0 spiro atoms. The fourth-order valence-corrected chi connectivity index (χ4v) is 4.17. The first-order valence-electron chi connectivity index (χ1n) is 8.77. The Morgan fingerprint density at radius 2 is 1.62 bits per heavy atom. The van der Waals surface area contributed by atoms with Gasteiger partial charge < -0.3 is 0 Å². The van der Waals surface area contributed by atoms with E-state index in [1.54, 1.807) is 0 Å². The van der Waals surface area contributed by atoms with Gasteiger partial charge in [-0.25, -0.2) is 0 Å². The van der Waals surface area contributed by atoms with Crippen LogP contribution in [0.5, 0.6) is 0 Å². The summed E-state index contributed by atoms with van der Waals surface area (Å²) in [6.07, 6.45) is 5.80. The molecule has 0 saturated heterocycles. The molecule has 0 amide bonds. The zero-order valence-corrected chi connectivity index (χ0v) is 15.5. The fourth-order valence-electron chi connectivity index (χ4n) is 4.17. The fraction of sp³-hybridized carbons (Fsp3) is 0.304. The van der Waals surface area contributed by atoms with Crippen LogP contribution in [0, 0.1) is 13.8 Å². The van der Waals surface area contributed by atoms with Crippen molar-refractivity contribution in [2.75, 3.05) is 7.05 Å². The molecular weight excluding hydrogens is 290 g/mol. The van der Waals surface area contributed by atoms with E-state index in [2.05, 4.69) is 95.4 Å². The Kier molecular flexibility index (Phi) is 4.47. The predicted octanol–water partition coefficient (Wildman–Crippen LogP) is 6.24. The molecule has 1 nitrogen and oxygen atoms in total. The van der Waals surface area contributed by atoms with Gasteiger partial charge in [0.05, 0.1) is 7.05 Å². The van der Waals surface area contributed by atoms with E-state index in [1.807, 2.05) is 0 Å². The first-order chi connectivity index (χ1) is 11.4.